The van der Waals surface area contributed by atoms with Crippen molar-refractivity contribution in [2.45, 2.75) is 18.2 Å². The zero-order valence-electron chi connectivity index (χ0n) is 16.2. The summed E-state index contributed by atoms with van der Waals surface area (Å²) in [6.45, 7) is 0. The van der Waals surface area contributed by atoms with Crippen molar-refractivity contribution in [2.24, 2.45) is 0 Å². The van der Waals surface area contributed by atoms with E-state index in [1.165, 1.54) is 11.8 Å². The number of Topliss-reactive ketones (excluding diaryl/α,β-unsaturated/α-hetero) is 1. The first-order chi connectivity index (χ1) is 14.7. The maximum absolute atomic E-state index is 12.9. The lowest BCUT2D eigenvalue weighted by atomic mass is 10.0. The first-order valence-corrected chi connectivity index (χ1v) is 10.8. The molecule has 1 atom stereocenters. The average Bonchev–Trinajstić information content (AvgIpc) is 3.44. The van der Waals surface area contributed by atoms with Crippen LogP contribution in [0.3, 0.4) is 0 Å². The lowest BCUT2D eigenvalue weighted by Crippen LogP contribution is -2.43. The molecule has 1 amide bonds. The molecule has 2 aromatic carbocycles. The van der Waals surface area contributed by atoms with Crippen LogP contribution in [0.1, 0.15) is 21.9 Å². The number of benzene rings is 2. The number of fused-ring (bicyclic) bond motifs is 1. The number of amides is 1. The monoisotopic (exact) mass is 419 g/mol. The summed E-state index contributed by atoms with van der Waals surface area (Å²) in [5, 5.41) is 4.46. The van der Waals surface area contributed by atoms with Crippen molar-refractivity contribution < 1.29 is 18.4 Å². The Bertz CT molecular complexity index is 1120. The third kappa shape index (κ3) is 4.83. The van der Waals surface area contributed by atoms with Crippen molar-refractivity contribution in [3.63, 3.8) is 0 Å². The standard InChI is InChI=1S/C24H21NO4S/c26-22(16-30-15-19-10-6-12-28-19)21(13-17-7-2-1-3-8-17)25-24(27)23-20-11-5-4-9-18(20)14-29-23/h1-12,14,21H,13,15-16H2,(H,25,27). The van der Waals surface area contributed by atoms with Crippen molar-refractivity contribution >= 4 is 34.2 Å². The van der Waals surface area contributed by atoms with Crippen LogP contribution < -0.4 is 5.32 Å². The van der Waals surface area contributed by atoms with E-state index >= 15 is 0 Å². The van der Waals surface area contributed by atoms with Crippen molar-refractivity contribution in [2.75, 3.05) is 5.75 Å². The Labute approximate surface area is 178 Å². The van der Waals surface area contributed by atoms with Gasteiger partial charge in [0.15, 0.2) is 11.5 Å². The smallest absolute Gasteiger partial charge is 0.288 e. The van der Waals surface area contributed by atoms with Gasteiger partial charge in [-0.05, 0) is 24.1 Å². The Hall–Kier alpha value is -3.25. The molecule has 4 rings (SSSR count). The second-order valence-electron chi connectivity index (χ2n) is 6.91. The molecule has 0 radical (unpaired) electrons. The summed E-state index contributed by atoms with van der Waals surface area (Å²) in [7, 11) is 0. The van der Waals surface area contributed by atoms with E-state index in [4.69, 9.17) is 8.83 Å². The Morgan fingerprint density at radius 3 is 2.53 bits per heavy atom. The number of thioether (sulfide) groups is 1. The Balaban J connectivity index is 1.47. The van der Waals surface area contributed by atoms with Crippen LogP contribution in [0.25, 0.3) is 10.8 Å². The minimum Gasteiger partial charge on any atom is -0.468 e. The fourth-order valence-corrected chi connectivity index (χ4v) is 4.10. The van der Waals surface area contributed by atoms with Crippen LogP contribution in [0, 0.1) is 0 Å². The molecule has 2 aromatic heterocycles. The fraction of sp³-hybridized carbons (Fsp3) is 0.167. The number of carbonyl (C=O) groups is 2. The summed E-state index contributed by atoms with van der Waals surface area (Å²) in [6, 6.07) is 20.2. The van der Waals surface area contributed by atoms with Gasteiger partial charge < -0.3 is 14.2 Å². The summed E-state index contributed by atoms with van der Waals surface area (Å²) in [4.78, 5) is 25.9. The van der Waals surface area contributed by atoms with Crippen LogP contribution in [0.4, 0.5) is 0 Å². The highest BCUT2D eigenvalue weighted by atomic mass is 32.2. The minimum atomic E-state index is -0.645. The van der Waals surface area contributed by atoms with Gasteiger partial charge in [-0.15, -0.1) is 11.8 Å². The molecule has 0 aliphatic heterocycles. The van der Waals surface area contributed by atoms with Crippen LogP contribution in [0.2, 0.25) is 0 Å². The maximum atomic E-state index is 12.9. The molecule has 4 aromatic rings. The van der Waals surface area contributed by atoms with Crippen LogP contribution in [0.15, 0.2) is 88.1 Å². The van der Waals surface area contributed by atoms with Gasteiger partial charge in [-0.25, -0.2) is 0 Å². The summed E-state index contributed by atoms with van der Waals surface area (Å²) in [5.41, 5.74) is 0.983. The Kier molecular flexibility index (Phi) is 6.35. The van der Waals surface area contributed by atoms with Crippen LogP contribution in [-0.4, -0.2) is 23.5 Å². The molecule has 30 heavy (non-hydrogen) atoms. The molecule has 0 fully saturated rings. The second-order valence-corrected chi connectivity index (χ2v) is 7.89. The van der Waals surface area contributed by atoms with E-state index in [0.29, 0.717) is 12.2 Å². The number of carbonyl (C=O) groups excluding carboxylic acids is 2. The summed E-state index contributed by atoms with van der Waals surface area (Å²) >= 11 is 1.47. The largest absolute Gasteiger partial charge is 0.468 e. The summed E-state index contributed by atoms with van der Waals surface area (Å²) in [5.74, 6) is 1.49. The zero-order chi connectivity index (χ0) is 20.8. The van der Waals surface area contributed by atoms with E-state index in [1.807, 2.05) is 66.7 Å². The van der Waals surface area contributed by atoms with Crippen LogP contribution in [0.5, 0.6) is 0 Å². The molecule has 6 heteroatoms. The molecular weight excluding hydrogens is 398 g/mol. The molecule has 0 aliphatic rings. The summed E-state index contributed by atoms with van der Waals surface area (Å²) < 4.78 is 10.8. The minimum absolute atomic E-state index is 0.0420. The van der Waals surface area contributed by atoms with E-state index in [9.17, 15) is 9.59 Å². The molecule has 1 unspecified atom stereocenters. The van der Waals surface area contributed by atoms with Crippen molar-refractivity contribution in [3.05, 3.63) is 96.3 Å². The average molecular weight is 420 g/mol. The number of nitrogens with one attached hydrogen (secondary N) is 1. The summed E-state index contributed by atoms with van der Waals surface area (Å²) in [6.07, 6.45) is 3.59. The number of hydrogen-bond acceptors (Lipinski definition) is 5. The molecular formula is C24H21NO4S. The molecule has 0 saturated heterocycles. The third-order valence-corrected chi connectivity index (χ3v) is 5.74. The SMILES string of the molecule is O=C(NC(Cc1ccccc1)C(=O)CSCc1ccco1)c1occ2ccccc12. The highest BCUT2D eigenvalue weighted by Crippen LogP contribution is 2.21. The molecule has 152 valence electrons. The van der Waals surface area contributed by atoms with Gasteiger partial charge in [0.2, 0.25) is 0 Å². The lowest BCUT2D eigenvalue weighted by molar-refractivity contribution is -0.118. The zero-order valence-corrected chi connectivity index (χ0v) is 17.1. The molecule has 0 aliphatic carbocycles. The van der Waals surface area contributed by atoms with Gasteiger partial charge in [0, 0.05) is 10.8 Å². The van der Waals surface area contributed by atoms with E-state index in [-0.39, 0.29) is 23.2 Å². The Morgan fingerprint density at radius 1 is 0.933 bits per heavy atom. The van der Waals surface area contributed by atoms with E-state index in [2.05, 4.69) is 5.32 Å². The molecule has 0 saturated carbocycles. The molecule has 5 nitrogen and oxygen atoms in total. The normalized spacial score (nSPS) is 12.0. The third-order valence-electron chi connectivity index (χ3n) is 4.76. The van der Waals surface area contributed by atoms with Crippen LogP contribution in [-0.2, 0) is 17.0 Å². The molecule has 0 bridgehead atoms. The number of ketones is 1. The van der Waals surface area contributed by atoms with Crippen molar-refractivity contribution in [1.29, 1.82) is 0 Å². The molecule has 1 N–H and O–H groups in total. The van der Waals surface area contributed by atoms with Crippen molar-refractivity contribution in [3.8, 4) is 0 Å². The number of hydrogen-bond donors (Lipinski definition) is 1. The lowest BCUT2D eigenvalue weighted by Gasteiger charge is -2.17. The van der Waals surface area contributed by atoms with Crippen molar-refractivity contribution in [1.82, 2.24) is 5.32 Å². The quantitative estimate of drug-likeness (QED) is 0.419. The van der Waals surface area contributed by atoms with Gasteiger partial charge in [-0.3, -0.25) is 9.59 Å². The van der Waals surface area contributed by atoms with Gasteiger partial charge in [-0.2, -0.15) is 0 Å². The second kappa shape index (κ2) is 9.50. The van der Waals surface area contributed by atoms with Gasteiger partial charge in [0.1, 0.15) is 5.76 Å². The van der Waals surface area contributed by atoms with E-state index < -0.39 is 6.04 Å². The Morgan fingerprint density at radius 2 is 1.73 bits per heavy atom. The topological polar surface area (TPSA) is 72.5 Å². The van der Waals surface area contributed by atoms with E-state index in [1.54, 1.807) is 12.5 Å². The first-order valence-electron chi connectivity index (χ1n) is 9.64. The maximum Gasteiger partial charge on any atom is 0.288 e. The highest BCUT2D eigenvalue weighted by molar-refractivity contribution is 7.99. The fourth-order valence-electron chi connectivity index (χ4n) is 3.23. The van der Waals surface area contributed by atoms with Gasteiger partial charge in [0.05, 0.1) is 30.1 Å². The predicted octanol–water partition coefficient (Wildman–Crippen LogP) is 4.87. The number of furan rings is 2. The first kappa shape index (κ1) is 20.0. The van der Waals surface area contributed by atoms with Crippen LogP contribution >= 0.6 is 11.8 Å². The van der Waals surface area contributed by atoms with Gasteiger partial charge >= 0.3 is 0 Å². The predicted molar refractivity (Wildman–Crippen MR) is 117 cm³/mol. The van der Waals surface area contributed by atoms with E-state index in [0.717, 1.165) is 22.1 Å². The molecule has 0 spiro atoms. The molecule has 2 heterocycles. The van der Waals surface area contributed by atoms with Gasteiger partial charge in [0.25, 0.3) is 5.91 Å². The van der Waals surface area contributed by atoms with Gasteiger partial charge in [-0.1, -0.05) is 54.6 Å². The number of rotatable bonds is 9. The highest BCUT2D eigenvalue weighted by Gasteiger charge is 2.24.